The predicted octanol–water partition coefficient (Wildman–Crippen LogP) is 1.48. The van der Waals surface area contributed by atoms with Crippen LogP contribution in [0.5, 0.6) is 0 Å². The minimum absolute atomic E-state index is 0.00203. The number of likely N-dealkylation sites (N-methyl/N-ethyl adjacent to an activating group) is 1. The van der Waals surface area contributed by atoms with Crippen molar-refractivity contribution in [3.8, 4) is 0 Å². The van der Waals surface area contributed by atoms with E-state index >= 15 is 0 Å². The third-order valence-electron chi connectivity index (χ3n) is 5.75. The van der Waals surface area contributed by atoms with Crippen LogP contribution in [0.25, 0.3) is 0 Å². The van der Waals surface area contributed by atoms with Crippen LogP contribution in [-0.2, 0) is 29.6 Å². The van der Waals surface area contributed by atoms with E-state index in [2.05, 4.69) is 15.3 Å². The number of amides is 4. The molecule has 4 amide bonds. The third-order valence-corrected chi connectivity index (χ3v) is 5.75. The van der Waals surface area contributed by atoms with Crippen molar-refractivity contribution in [2.75, 3.05) is 17.7 Å². The second-order valence-electron chi connectivity index (χ2n) is 8.08. The lowest BCUT2D eigenvalue weighted by Gasteiger charge is -2.45. The number of imide groups is 1. The summed E-state index contributed by atoms with van der Waals surface area (Å²) >= 11 is 0. The number of anilines is 2. The topological polar surface area (TPSA) is 126 Å². The summed E-state index contributed by atoms with van der Waals surface area (Å²) in [6.07, 6.45) is 4.97. The van der Waals surface area contributed by atoms with Crippen LogP contribution in [0.4, 0.5) is 21.0 Å². The van der Waals surface area contributed by atoms with E-state index < -0.39 is 35.6 Å². The minimum Gasteiger partial charge on any atom is -0.384 e. The van der Waals surface area contributed by atoms with E-state index in [1.165, 1.54) is 36.3 Å². The fourth-order valence-electron chi connectivity index (χ4n) is 4.02. The summed E-state index contributed by atoms with van der Waals surface area (Å²) in [5.41, 5.74) is 7.00. The molecule has 0 spiro atoms. The van der Waals surface area contributed by atoms with Gasteiger partial charge in [-0.3, -0.25) is 19.4 Å². The Balaban J connectivity index is 1.56. The number of halogens is 1. The number of rotatable bonds is 6. The number of imidazole rings is 1. The first-order chi connectivity index (χ1) is 16.3. The quantitative estimate of drug-likeness (QED) is 0.531. The van der Waals surface area contributed by atoms with Crippen molar-refractivity contribution in [2.24, 2.45) is 13.0 Å². The fourth-order valence-corrected chi connectivity index (χ4v) is 4.02. The molecule has 3 aromatic rings. The van der Waals surface area contributed by atoms with Gasteiger partial charge >= 0.3 is 6.03 Å². The number of aryl methyl sites for hydroxylation is 1. The molecule has 2 atom stereocenters. The maximum atomic E-state index is 13.5. The lowest BCUT2D eigenvalue weighted by atomic mass is 9.82. The Kier molecular flexibility index (Phi) is 6.26. The van der Waals surface area contributed by atoms with Gasteiger partial charge in [0.25, 0.3) is 5.91 Å². The summed E-state index contributed by atoms with van der Waals surface area (Å²) in [6.45, 7) is 0.00203. The summed E-state index contributed by atoms with van der Waals surface area (Å²) < 4.78 is 15.1. The number of urea groups is 1. The summed E-state index contributed by atoms with van der Waals surface area (Å²) in [6, 6.07) is 7.31. The normalized spacial score (nSPS) is 17.3. The minimum atomic E-state index is -1.05. The Morgan fingerprint density at radius 2 is 1.97 bits per heavy atom. The summed E-state index contributed by atoms with van der Waals surface area (Å²) in [5, 5.41) is 2.60. The zero-order valence-corrected chi connectivity index (χ0v) is 18.7. The molecule has 1 aliphatic rings. The van der Waals surface area contributed by atoms with Crippen LogP contribution in [-0.4, -0.2) is 50.4 Å². The number of likely N-dealkylation sites (tertiary alicyclic amines) is 1. The van der Waals surface area contributed by atoms with E-state index in [1.54, 1.807) is 42.2 Å². The second-order valence-corrected chi connectivity index (χ2v) is 8.08. The van der Waals surface area contributed by atoms with Gasteiger partial charge in [-0.05, 0) is 41.8 Å². The van der Waals surface area contributed by atoms with Gasteiger partial charge in [0.1, 0.15) is 17.7 Å². The van der Waals surface area contributed by atoms with Gasteiger partial charge in [-0.25, -0.2) is 19.2 Å². The van der Waals surface area contributed by atoms with E-state index in [0.29, 0.717) is 17.3 Å². The lowest BCUT2D eigenvalue weighted by Crippen LogP contribution is -2.70. The first-order valence-corrected chi connectivity index (χ1v) is 10.6. The Labute approximate surface area is 195 Å². The number of carbonyl (C=O) groups excluding carboxylic acids is 3. The van der Waals surface area contributed by atoms with E-state index in [0.717, 1.165) is 10.5 Å². The predicted molar refractivity (Wildman–Crippen MR) is 122 cm³/mol. The van der Waals surface area contributed by atoms with Crippen LogP contribution in [0.3, 0.4) is 0 Å². The van der Waals surface area contributed by atoms with E-state index in [1.807, 2.05) is 0 Å². The van der Waals surface area contributed by atoms with Crippen LogP contribution in [0.1, 0.15) is 11.1 Å². The SMILES string of the molecule is CN(C(=O)[C@@H]1[C@@H](Cc2ccnc(N)c2)C(=O)N1C(=O)NCc1cccc(F)c1)c1nccn1C. The lowest BCUT2D eigenvalue weighted by molar-refractivity contribution is -0.156. The molecule has 0 unspecified atom stereocenters. The molecule has 3 N–H and O–H groups in total. The van der Waals surface area contributed by atoms with Crippen LogP contribution < -0.4 is 16.0 Å². The van der Waals surface area contributed by atoms with Gasteiger partial charge in [0.15, 0.2) is 0 Å². The number of nitrogens with two attached hydrogens (primary N) is 1. The van der Waals surface area contributed by atoms with Gasteiger partial charge in [-0.2, -0.15) is 0 Å². The molecule has 0 aliphatic carbocycles. The van der Waals surface area contributed by atoms with E-state index in [4.69, 9.17) is 5.73 Å². The fraction of sp³-hybridized carbons (Fsp3) is 0.261. The molecule has 2 aromatic heterocycles. The molecule has 1 fully saturated rings. The number of pyridine rings is 1. The smallest absolute Gasteiger partial charge is 0.325 e. The highest BCUT2D eigenvalue weighted by atomic mass is 19.1. The van der Waals surface area contributed by atoms with Crippen molar-refractivity contribution in [3.05, 3.63) is 71.9 Å². The molecule has 10 nitrogen and oxygen atoms in total. The van der Waals surface area contributed by atoms with Crippen molar-refractivity contribution in [1.82, 2.24) is 24.8 Å². The molecule has 11 heteroatoms. The number of benzene rings is 1. The molecule has 0 bridgehead atoms. The van der Waals surface area contributed by atoms with E-state index in [9.17, 15) is 18.8 Å². The number of hydrogen-bond acceptors (Lipinski definition) is 6. The van der Waals surface area contributed by atoms with Gasteiger partial charge in [-0.1, -0.05) is 12.1 Å². The van der Waals surface area contributed by atoms with Gasteiger partial charge in [0, 0.05) is 39.2 Å². The average Bonchev–Trinajstić information content (AvgIpc) is 3.24. The van der Waals surface area contributed by atoms with Crippen molar-refractivity contribution in [2.45, 2.75) is 19.0 Å². The van der Waals surface area contributed by atoms with Crippen molar-refractivity contribution in [1.29, 1.82) is 0 Å². The van der Waals surface area contributed by atoms with Crippen LogP contribution in [0.15, 0.2) is 55.0 Å². The number of nitrogen functional groups attached to an aromatic ring is 1. The Morgan fingerprint density at radius 1 is 1.18 bits per heavy atom. The molecule has 3 heterocycles. The van der Waals surface area contributed by atoms with Crippen LogP contribution in [0, 0.1) is 11.7 Å². The molecule has 0 radical (unpaired) electrons. The highest BCUT2D eigenvalue weighted by Crippen LogP contribution is 2.32. The second kappa shape index (κ2) is 9.30. The number of nitrogens with one attached hydrogen (secondary N) is 1. The van der Waals surface area contributed by atoms with Crippen molar-refractivity contribution >= 4 is 29.6 Å². The largest absolute Gasteiger partial charge is 0.384 e. The highest BCUT2D eigenvalue weighted by molar-refractivity contribution is 6.12. The van der Waals surface area contributed by atoms with Crippen molar-refractivity contribution < 1.29 is 18.8 Å². The summed E-state index contributed by atoms with van der Waals surface area (Å²) in [5.74, 6) is -1.48. The molecular weight excluding hydrogens is 441 g/mol. The summed E-state index contributed by atoms with van der Waals surface area (Å²) in [7, 11) is 3.27. The maximum Gasteiger partial charge on any atom is 0.325 e. The zero-order valence-electron chi connectivity index (χ0n) is 18.7. The highest BCUT2D eigenvalue weighted by Gasteiger charge is 2.55. The zero-order chi connectivity index (χ0) is 24.4. The van der Waals surface area contributed by atoms with E-state index in [-0.39, 0.29) is 13.0 Å². The first kappa shape index (κ1) is 22.9. The Bertz CT molecular complexity index is 1240. The molecule has 4 rings (SSSR count). The van der Waals surface area contributed by atoms with Gasteiger partial charge < -0.3 is 15.6 Å². The first-order valence-electron chi connectivity index (χ1n) is 10.6. The van der Waals surface area contributed by atoms with Crippen molar-refractivity contribution in [3.63, 3.8) is 0 Å². The number of nitrogens with zero attached hydrogens (tertiary/aromatic N) is 5. The monoisotopic (exact) mass is 465 g/mol. The number of aromatic nitrogens is 3. The number of hydrogen-bond donors (Lipinski definition) is 2. The maximum absolute atomic E-state index is 13.5. The number of β-lactam (4-membered cyclic amide) rings is 1. The molecule has 34 heavy (non-hydrogen) atoms. The average molecular weight is 465 g/mol. The molecule has 1 aliphatic heterocycles. The molecule has 176 valence electrons. The third kappa shape index (κ3) is 4.45. The number of carbonyl (C=O) groups is 3. The van der Waals surface area contributed by atoms with Gasteiger partial charge in [0.2, 0.25) is 11.9 Å². The Morgan fingerprint density at radius 3 is 2.65 bits per heavy atom. The Hall–Kier alpha value is -4.28. The molecular formula is C23H24FN7O3. The van der Waals surface area contributed by atoms with Gasteiger partial charge in [-0.15, -0.1) is 0 Å². The standard InChI is InChI=1S/C23H24FN7O3/c1-29-9-8-27-22(29)30(2)21(33)19-17(11-14-6-7-26-18(25)12-14)20(32)31(19)23(34)28-13-15-4-3-5-16(24)10-15/h3-10,12,17,19H,11,13H2,1-2H3,(H2,25,26)(H,28,34)/t17-,19+/m1/s1. The molecule has 1 saturated heterocycles. The summed E-state index contributed by atoms with van der Waals surface area (Å²) in [4.78, 5) is 49.7. The van der Waals surface area contributed by atoms with Crippen LogP contribution in [0.2, 0.25) is 0 Å². The van der Waals surface area contributed by atoms with Crippen LogP contribution >= 0.6 is 0 Å². The molecule has 0 saturated carbocycles. The van der Waals surface area contributed by atoms with Gasteiger partial charge in [0.05, 0.1) is 5.92 Å². The molecule has 1 aromatic carbocycles.